The van der Waals surface area contributed by atoms with Crippen molar-refractivity contribution in [1.29, 1.82) is 0 Å². The number of phenolic OH excluding ortho intramolecular Hbond substituents is 1. The van der Waals surface area contributed by atoms with Crippen molar-refractivity contribution in [2.45, 2.75) is 6.92 Å². The maximum absolute atomic E-state index is 11.7. The molecule has 0 spiro atoms. The van der Waals surface area contributed by atoms with Gasteiger partial charge >= 0.3 is 0 Å². The summed E-state index contributed by atoms with van der Waals surface area (Å²) in [7, 11) is 0. The van der Waals surface area contributed by atoms with Crippen molar-refractivity contribution in [3.63, 3.8) is 0 Å². The highest BCUT2D eigenvalue weighted by Crippen LogP contribution is 2.23. The molecule has 3 N–H and O–H groups in total. The first-order valence-electron chi connectivity index (χ1n) is 5.97. The lowest BCUT2D eigenvalue weighted by atomic mass is 10.2. The van der Waals surface area contributed by atoms with E-state index in [1.54, 1.807) is 18.2 Å². The minimum atomic E-state index is -0.474. The van der Waals surface area contributed by atoms with Gasteiger partial charge in [-0.1, -0.05) is 6.07 Å². The third-order valence-corrected chi connectivity index (χ3v) is 2.58. The van der Waals surface area contributed by atoms with Crippen molar-refractivity contribution < 1.29 is 19.1 Å². The molecule has 2 amide bonds. The van der Waals surface area contributed by atoms with Crippen LogP contribution in [-0.2, 0) is 4.79 Å². The molecule has 0 bridgehead atoms. The Hall–Kier alpha value is -2.76. The van der Waals surface area contributed by atoms with Crippen molar-refractivity contribution in [2.24, 2.45) is 0 Å². The molecule has 0 aliphatic rings. The Bertz CT molecular complexity index is 620. The highest BCUT2D eigenvalue weighted by Gasteiger charge is 2.11. The molecule has 0 saturated carbocycles. The van der Waals surface area contributed by atoms with Crippen LogP contribution in [-0.4, -0.2) is 23.5 Å². The average Bonchev–Trinajstić information content (AvgIpc) is 2.93. The second kappa shape index (κ2) is 5.92. The number of nitrogens with one attached hydrogen (secondary N) is 2. The predicted molar refractivity (Wildman–Crippen MR) is 72.5 cm³/mol. The summed E-state index contributed by atoms with van der Waals surface area (Å²) in [5, 5.41) is 14.6. The number of rotatable bonds is 4. The normalized spacial score (nSPS) is 10.1. The topological polar surface area (TPSA) is 91.6 Å². The van der Waals surface area contributed by atoms with Gasteiger partial charge in [-0.15, -0.1) is 0 Å². The second-order valence-corrected chi connectivity index (χ2v) is 4.23. The molecule has 0 aliphatic heterocycles. The van der Waals surface area contributed by atoms with E-state index in [1.807, 2.05) is 6.92 Å². The monoisotopic (exact) mass is 274 g/mol. The molecule has 1 heterocycles. The lowest BCUT2D eigenvalue weighted by Crippen LogP contribution is -2.32. The summed E-state index contributed by atoms with van der Waals surface area (Å²) >= 11 is 0. The van der Waals surface area contributed by atoms with Crippen molar-refractivity contribution >= 4 is 17.5 Å². The number of anilines is 1. The number of amides is 2. The van der Waals surface area contributed by atoms with E-state index >= 15 is 0 Å². The van der Waals surface area contributed by atoms with Gasteiger partial charge in [0.05, 0.1) is 18.5 Å². The molecule has 6 nitrogen and oxygen atoms in total. The van der Waals surface area contributed by atoms with E-state index in [1.165, 1.54) is 18.4 Å². The van der Waals surface area contributed by atoms with Crippen LogP contribution in [0.5, 0.6) is 5.75 Å². The first-order valence-corrected chi connectivity index (χ1v) is 5.97. The molecule has 0 fully saturated rings. The van der Waals surface area contributed by atoms with Gasteiger partial charge < -0.3 is 20.2 Å². The summed E-state index contributed by atoms with van der Waals surface area (Å²) in [6, 6.07) is 7.98. The molecule has 20 heavy (non-hydrogen) atoms. The van der Waals surface area contributed by atoms with Gasteiger partial charge in [-0.05, 0) is 36.8 Å². The van der Waals surface area contributed by atoms with Crippen molar-refractivity contribution in [1.82, 2.24) is 5.32 Å². The number of carbonyl (C=O) groups is 2. The van der Waals surface area contributed by atoms with Gasteiger partial charge in [0.1, 0.15) is 5.75 Å². The molecule has 1 aromatic heterocycles. The standard InChI is InChI=1S/C14H14N2O4/c1-9-4-5-10(11(17)7-9)16-13(18)8-15-14(19)12-3-2-6-20-12/h2-7,17H,8H2,1H3,(H,15,19)(H,16,18). The van der Waals surface area contributed by atoms with Crippen LogP contribution >= 0.6 is 0 Å². The number of aromatic hydroxyl groups is 1. The number of furan rings is 1. The molecule has 0 saturated heterocycles. The van der Waals surface area contributed by atoms with Gasteiger partial charge in [-0.2, -0.15) is 0 Å². The number of hydrogen-bond donors (Lipinski definition) is 3. The molecule has 2 rings (SSSR count). The van der Waals surface area contributed by atoms with E-state index in [0.717, 1.165) is 5.56 Å². The quantitative estimate of drug-likeness (QED) is 0.739. The summed E-state index contributed by atoms with van der Waals surface area (Å²) in [6.07, 6.45) is 1.37. The molecular formula is C14H14N2O4. The van der Waals surface area contributed by atoms with Gasteiger partial charge in [0, 0.05) is 0 Å². The van der Waals surface area contributed by atoms with Gasteiger partial charge in [0.15, 0.2) is 5.76 Å². The van der Waals surface area contributed by atoms with E-state index in [0.29, 0.717) is 5.69 Å². The van der Waals surface area contributed by atoms with Crippen molar-refractivity contribution in [3.8, 4) is 5.75 Å². The van der Waals surface area contributed by atoms with E-state index in [9.17, 15) is 14.7 Å². The molecule has 0 unspecified atom stereocenters. The Balaban J connectivity index is 1.88. The summed E-state index contributed by atoms with van der Waals surface area (Å²) in [6.45, 7) is 1.61. The third kappa shape index (κ3) is 3.38. The minimum absolute atomic E-state index is 0.0179. The Morgan fingerprint density at radius 3 is 2.75 bits per heavy atom. The molecule has 1 aromatic carbocycles. The third-order valence-electron chi connectivity index (χ3n) is 2.58. The van der Waals surface area contributed by atoms with Gasteiger partial charge in [0.2, 0.25) is 5.91 Å². The Morgan fingerprint density at radius 1 is 1.30 bits per heavy atom. The fourth-order valence-electron chi connectivity index (χ4n) is 1.60. The zero-order chi connectivity index (χ0) is 14.5. The fraction of sp³-hybridized carbons (Fsp3) is 0.143. The zero-order valence-corrected chi connectivity index (χ0v) is 10.8. The molecule has 104 valence electrons. The molecular weight excluding hydrogens is 260 g/mol. The van der Waals surface area contributed by atoms with Crippen LogP contribution in [0.1, 0.15) is 16.1 Å². The largest absolute Gasteiger partial charge is 0.506 e. The SMILES string of the molecule is Cc1ccc(NC(=O)CNC(=O)c2ccco2)c(O)c1. The molecule has 0 aliphatic carbocycles. The van der Waals surface area contributed by atoms with E-state index in [-0.39, 0.29) is 18.1 Å². The van der Waals surface area contributed by atoms with Crippen LogP contribution < -0.4 is 10.6 Å². The molecule has 6 heteroatoms. The minimum Gasteiger partial charge on any atom is -0.506 e. The molecule has 2 aromatic rings. The lowest BCUT2D eigenvalue weighted by Gasteiger charge is -2.08. The Kier molecular flexibility index (Phi) is 4.05. The molecule has 0 radical (unpaired) electrons. The van der Waals surface area contributed by atoms with Crippen LogP contribution in [0.2, 0.25) is 0 Å². The van der Waals surface area contributed by atoms with Gasteiger partial charge in [-0.25, -0.2) is 0 Å². The first-order chi connectivity index (χ1) is 9.56. The maximum atomic E-state index is 11.7. The maximum Gasteiger partial charge on any atom is 0.287 e. The number of aryl methyl sites for hydroxylation is 1. The molecule has 0 atom stereocenters. The Labute approximate surface area is 115 Å². The zero-order valence-electron chi connectivity index (χ0n) is 10.8. The van der Waals surface area contributed by atoms with E-state index in [2.05, 4.69) is 10.6 Å². The number of benzene rings is 1. The van der Waals surface area contributed by atoms with Crippen LogP contribution in [0, 0.1) is 6.92 Å². The highest BCUT2D eigenvalue weighted by molar-refractivity contribution is 5.98. The van der Waals surface area contributed by atoms with Crippen LogP contribution in [0.15, 0.2) is 41.0 Å². The van der Waals surface area contributed by atoms with Crippen LogP contribution in [0.3, 0.4) is 0 Å². The summed E-state index contributed by atoms with van der Waals surface area (Å²) in [5.74, 6) is -0.797. The summed E-state index contributed by atoms with van der Waals surface area (Å²) in [4.78, 5) is 23.2. The number of hydrogen-bond acceptors (Lipinski definition) is 4. The van der Waals surface area contributed by atoms with Crippen LogP contribution in [0.25, 0.3) is 0 Å². The Morgan fingerprint density at radius 2 is 2.10 bits per heavy atom. The fourth-order valence-corrected chi connectivity index (χ4v) is 1.60. The van der Waals surface area contributed by atoms with Gasteiger partial charge in [-0.3, -0.25) is 9.59 Å². The van der Waals surface area contributed by atoms with Crippen LogP contribution in [0.4, 0.5) is 5.69 Å². The number of carbonyl (C=O) groups excluding carboxylic acids is 2. The predicted octanol–water partition coefficient (Wildman–Crippen LogP) is 1.66. The van der Waals surface area contributed by atoms with E-state index < -0.39 is 11.8 Å². The highest BCUT2D eigenvalue weighted by atomic mass is 16.3. The smallest absolute Gasteiger partial charge is 0.287 e. The van der Waals surface area contributed by atoms with Crippen molar-refractivity contribution in [2.75, 3.05) is 11.9 Å². The first kappa shape index (κ1) is 13.7. The van der Waals surface area contributed by atoms with E-state index in [4.69, 9.17) is 4.42 Å². The lowest BCUT2D eigenvalue weighted by molar-refractivity contribution is -0.115. The average molecular weight is 274 g/mol. The summed E-state index contributed by atoms with van der Waals surface area (Å²) < 4.78 is 4.89. The summed E-state index contributed by atoms with van der Waals surface area (Å²) in [5.41, 5.74) is 1.18. The van der Waals surface area contributed by atoms with Gasteiger partial charge in [0.25, 0.3) is 5.91 Å². The second-order valence-electron chi connectivity index (χ2n) is 4.23. The number of phenols is 1. The van der Waals surface area contributed by atoms with Crippen molar-refractivity contribution in [3.05, 3.63) is 47.9 Å².